The van der Waals surface area contributed by atoms with E-state index in [1.807, 2.05) is 0 Å². The summed E-state index contributed by atoms with van der Waals surface area (Å²) in [4.78, 5) is 41.2. The number of thiol groups is 1. The highest BCUT2D eigenvalue weighted by Gasteiger charge is 2.80. The quantitative estimate of drug-likeness (QED) is 0.193. The molecule has 41 heavy (non-hydrogen) atoms. The summed E-state index contributed by atoms with van der Waals surface area (Å²) in [6.45, 7) is -4.49. The molecule has 5 N–H and O–H groups in total. The number of nitrogens with two attached hydrogens (primary N) is 1. The maximum absolute atomic E-state index is 13.3. The Hall–Kier alpha value is -2.44. The van der Waals surface area contributed by atoms with E-state index in [0.717, 1.165) is 0 Å². The molecule has 2 saturated carbocycles. The first-order valence-corrected chi connectivity index (χ1v) is 16.5. The molecule has 2 aliphatic heterocycles. The van der Waals surface area contributed by atoms with Gasteiger partial charge in [-0.2, -0.15) is 4.98 Å². The number of rotatable bonds is 3. The van der Waals surface area contributed by atoms with Crippen molar-refractivity contribution in [2.45, 2.75) is 55.2 Å². The van der Waals surface area contributed by atoms with Crippen LogP contribution in [0, 0.1) is 5.92 Å². The van der Waals surface area contributed by atoms with Crippen molar-refractivity contribution in [1.82, 2.24) is 29.5 Å². The Kier molecular flexibility index (Phi) is 6.37. The van der Waals surface area contributed by atoms with Gasteiger partial charge in [0.25, 0.3) is 5.56 Å². The van der Waals surface area contributed by atoms with Gasteiger partial charge in [-0.3, -0.25) is 32.4 Å². The Morgan fingerprint density at radius 2 is 2.02 bits per heavy atom. The molecule has 18 nitrogen and oxygen atoms in total. The molecule has 5 heterocycles. The zero-order valence-electron chi connectivity index (χ0n) is 20.7. The van der Waals surface area contributed by atoms with Crippen molar-refractivity contribution in [3.05, 3.63) is 35.3 Å². The minimum Gasteiger partial charge on any atom is -0.474 e. The molecule has 0 radical (unpaired) electrons. The number of phosphoric acid groups is 1. The van der Waals surface area contributed by atoms with E-state index in [0.29, 0.717) is 5.88 Å². The van der Waals surface area contributed by atoms with Crippen molar-refractivity contribution < 1.29 is 46.7 Å². The number of fused-ring (bicyclic) bond motifs is 3. The topological polar surface area (TPSA) is 245 Å². The number of nitrogen functional groups attached to an aromatic ring is 1. The second kappa shape index (κ2) is 9.54. The average Bonchev–Trinajstić information content (AvgIpc) is 3.27. The highest BCUT2D eigenvalue weighted by Crippen LogP contribution is 2.68. The third kappa shape index (κ3) is 4.79. The SMILES string of the molecule is Nc1nc2c(ncn2[C@@H]2O[C@@H]3C4OP(=O)(S)O[C@H]5C[C@H](Oc6ccncn6)C[C@@H]5COP(=O)(O)O[C@@H]2[C@@]43O)c(=O)[nH]1. The second-order valence-corrected chi connectivity index (χ2v) is 14.3. The van der Waals surface area contributed by atoms with Gasteiger partial charge in [0, 0.05) is 24.6 Å². The van der Waals surface area contributed by atoms with Gasteiger partial charge in [-0.05, 0) is 6.42 Å². The normalized spacial score (nSPS) is 42.2. The first-order chi connectivity index (χ1) is 19.4. The van der Waals surface area contributed by atoms with Gasteiger partial charge < -0.3 is 25.2 Å². The summed E-state index contributed by atoms with van der Waals surface area (Å²) in [6.07, 6.45) is -2.24. The van der Waals surface area contributed by atoms with Crippen LogP contribution in [0.4, 0.5) is 5.95 Å². The molecule has 0 bridgehead atoms. The Balaban J connectivity index is 1.18. The zero-order chi connectivity index (χ0) is 28.7. The molecule has 3 unspecified atom stereocenters. The van der Waals surface area contributed by atoms with E-state index in [-0.39, 0.29) is 36.6 Å². The van der Waals surface area contributed by atoms with Gasteiger partial charge in [-0.15, -0.1) is 0 Å². The number of nitrogens with one attached hydrogen (secondary N) is 1. The molecule has 10 atom stereocenters. The molecule has 2 aliphatic carbocycles. The molecule has 3 aromatic heterocycles. The summed E-state index contributed by atoms with van der Waals surface area (Å²) >= 11 is 4.11. The lowest BCUT2D eigenvalue weighted by Crippen LogP contribution is -2.39. The fourth-order valence-corrected chi connectivity index (χ4v) is 8.45. The van der Waals surface area contributed by atoms with Gasteiger partial charge in [-0.25, -0.2) is 24.1 Å². The number of hydrogen-bond acceptors (Lipinski definition) is 15. The third-order valence-electron chi connectivity index (χ3n) is 7.45. The van der Waals surface area contributed by atoms with E-state index in [1.54, 1.807) is 6.07 Å². The fraction of sp³-hybridized carbons (Fsp3) is 0.550. The van der Waals surface area contributed by atoms with Crippen LogP contribution >= 0.6 is 26.9 Å². The van der Waals surface area contributed by atoms with Crippen LogP contribution in [0.3, 0.4) is 0 Å². The highest BCUT2D eigenvalue weighted by molar-refractivity contribution is 8.44. The average molecular weight is 631 g/mol. The molecule has 4 aliphatic rings. The van der Waals surface area contributed by atoms with Gasteiger partial charge in [0.2, 0.25) is 11.8 Å². The second-order valence-electron chi connectivity index (χ2n) is 10.1. The standard InChI is InChI=1S/C20H23N7O11P2S/c21-19-25-16-12(17(28)26-19)24-7-27(16)18-15-20(29)13(35-18)14(20)38-40(32,41)36-10-4-9(34-11-1-2-22-6-23-11)3-8(10)5-33-39(30,31)37-15/h1-2,6-10,13-15,18,29H,3-5H2,(H,30,31)(H,32,41)(H3,21,25,26,28)/t8-,9-,10+,13-,14?,15+,18-,20+,40?/m1/s1. The fourth-order valence-electron chi connectivity index (χ4n) is 5.56. The van der Waals surface area contributed by atoms with Crippen molar-refractivity contribution in [2.24, 2.45) is 5.92 Å². The van der Waals surface area contributed by atoms with Crippen LogP contribution in [0.2, 0.25) is 0 Å². The molecule has 7 rings (SSSR count). The summed E-state index contributed by atoms with van der Waals surface area (Å²) in [6, 6.07) is 1.56. The van der Waals surface area contributed by atoms with Crippen molar-refractivity contribution in [3.8, 4) is 5.88 Å². The van der Waals surface area contributed by atoms with E-state index < -0.39 is 68.4 Å². The predicted octanol–water partition coefficient (Wildman–Crippen LogP) is 0.316. The molecular weight excluding hydrogens is 608 g/mol. The first-order valence-electron chi connectivity index (χ1n) is 12.3. The Morgan fingerprint density at radius 3 is 2.80 bits per heavy atom. The van der Waals surface area contributed by atoms with Crippen LogP contribution in [-0.4, -0.2) is 82.2 Å². The first kappa shape index (κ1) is 27.4. The van der Waals surface area contributed by atoms with Crippen LogP contribution in [-0.2, 0) is 32.0 Å². The van der Waals surface area contributed by atoms with Crippen LogP contribution in [0.15, 0.2) is 29.7 Å². The minimum atomic E-state index is -4.87. The minimum absolute atomic E-state index is 0.0336. The maximum atomic E-state index is 13.3. The molecule has 0 spiro atoms. The highest BCUT2D eigenvalue weighted by atomic mass is 32.7. The summed E-state index contributed by atoms with van der Waals surface area (Å²) in [7, 11) is -4.87. The maximum Gasteiger partial charge on any atom is 0.472 e. The Morgan fingerprint density at radius 1 is 1.20 bits per heavy atom. The van der Waals surface area contributed by atoms with Gasteiger partial charge in [0.15, 0.2) is 23.0 Å². The Labute approximate surface area is 234 Å². The zero-order valence-corrected chi connectivity index (χ0v) is 23.4. The summed E-state index contributed by atoms with van der Waals surface area (Å²) in [5.74, 6) is -0.490. The number of ether oxygens (including phenoxy) is 2. The molecule has 4 fully saturated rings. The van der Waals surface area contributed by atoms with E-state index in [1.165, 1.54) is 23.4 Å². The number of anilines is 1. The third-order valence-corrected chi connectivity index (χ3v) is 10.0. The van der Waals surface area contributed by atoms with Crippen molar-refractivity contribution in [1.29, 1.82) is 0 Å². The predicted molar refractivity (Wildman–Crippen MR) is 138 cm³/mol. The largest absolute Gasteiger partial charge is 0.474 e. The van der Waals surface area contributed by atoms with Gasteiger partial charge >= 0.3 is 14.6 Å². The Bertz CT molecular complexity index is 1660. The monoisotopic (exact) mass is 631 g/mol. The molecule has 0 amide bonds. The molecule has 3 aromatic rings. The van der Waals surface area contributed by atoms with Gasteiger partial charge in [0.1, 0.15) is 30.7 Å². The number of aromatic amines is 1. The van der Waals surface area contributed by atoms with Crippen LogP contribution in [0.5, 0.6) is 5.88 Å². The van der Waals surface area contributed by atoms with Crippen molar-refractivity contribution in [3.63, 3.8) is 0 Å². The number of imidazole rings is 1. The van der Waals surface area contributed by atoms with E-state index in [2.05, 4.69) is 37.2 Å². The smallest absolute Gasteiger partial charge is 0.472 e. The van der Waals surface area contributed by atoms with E-state index >= 15 is 0 Å². The number of aromatic nitrogens is 6. The number of aliphatic hydroxyl groups is 1. The van der Waals surface area contributed by atoms with Crippen molar-refractivity contribution >= 4 is 44.0 Å². The van der Waals surface area contributed by atoms with Crippen LogP contribution < -0.4 is 16.0 Å². The van der Waals surface area contributed by atoms with Gasteiger partial charge in [-0.1, -0.05) is 12.2 Å². The number of H-pyrrole nitrogens is 1. The molecule has 21 heteroatoms. The number of hydrogen-bond donors (Lipinski definition) is 5. The molecule has 2 saturated heterocycles. The summed E-state index contributed by atoms with van der Waals surface area (Å²) < 4.78 is 61.7. The molecule has 220 valence electrons. The van der Waals surface area contributed by atoms with E-state index in [4.69, 9.17) is 33.3 Å². The van der Waals surface area contributed by atoms with Crippen LogP contribution in [0.1, 0.15) is 19.1 Å². The lowest BCUT2D eigenvalue weighted by molar-refractivity contribution is -0.0929. The number of nitrogens with zero attached hydrogens (tertiary/aromatic N) is 5. The summed E-state index contributed by atoms with van der Waals surface area (Å²) in [5, 5.41) is 11.5. The lowest BCUT2D eigenvalue weighted by Gasteiger charge is -2.31. The van der Waals surface area contributed by atoms with Gasteiger partial charge in [0.05, 0.1) is 19.0 Å². The van der Waals surface area contributed by atoms with Crippen LogP contribution in [0.25, 0.3) is 11.2 Å². The van der Waals surface area contributed by atoms with E-state index in [9.17, 15) is 23.9 Å². The molecular formula is C20H23N7O11P2S. The summed E-state index contributed by atoms with van der Waals surface area (Å²) in [5.41, 5.74) is 2.83. The van der Waals surface area contributed by atoms with Crippen molar-refractivity contribution in [2.75, 3.05) is 12.3 Å². The number of phosphoric ester groups is 1. The lowest BCUT2D eigenvalue weighted by atomic mass is 10.1. The molecule has 0 aromatic carbocycles.